The molecule has 0 fully saturated rings. The lowest BCUT2D eigenvalue weighted by Gasteiger charge is -2.09. The van der Waals surface area contributed by atoms with Gasteiger partial charge in [-0.3, -0.25) is 9.59 Å². The van der Waals surface area contributed by atoms with Gasteiger partial charge in [-0.05, 0) is 61.4 Å². The largest absolute Gasteiger partial charge is 0.573 e. The highest BCUT2D eigenvalue weighted by molar-refractivity contribution is 5.94. The molecule has 2 aromatic carbocycles. The molecule has 2 aromatic rings. The second kappa shape index (κ2) is 12.6. The monoisotopic (exact) mass is 452 g/mol. The predicted molar refractivity (Wildman–Crippen MR) is 114 cm³/mol. The number of nitrogens with one attached hydrogen (secondary N) is 2. The first-order chi connectivity index (χ1) is 15.3. The van der Waals surface area contributed by atoms with E-state index in [9.17, 15) is 22.8 Å². The van der Waals surface area contributed by atoms with Crippen molar-refractivity contribution in [3.63, 3.8) is 0 Å². The van der Waals surface area contributed by atoms with Gasteiger partial charge in [0.25, 0.3) is 11.8 Å². The van der Waals surface area contributed by atoms with Crippen LogP contribution in [0.15, 0.2) is 48.5 Å². The minimum atomic E-state index is -4.76. The Labute approximate surface area is 185 Å². The molecule has 0 aliphatic heterocycles. The van der Waals surface area contributed by atoms with E-state index >= 15 is 0 Å². The second-order valence-electron chi connectivity index (χ2n) is 7.08. The number of halogens is 3. The maximum absolute atomic E-state index is 12.1. The first-order valence-corrected chi connectivity index (χ1v) is 10.3. The Morgan fingerprint density at radius 1 is 0.719 bits per heavy atom. The van der Waals surface area contributed by atoms with E-state index in [-0.39, 0.29) is 23.1 Å². The molecule has 0 aliphatic carbocycles. The van der Waals surface area contributed by atoms with E-state index in [0.29, 0.717) is 24.4 Å². The minimum absolute atomic E-state index is 0.117. The van der Waals surface area contributed by atoms with Crippen LogP contribution in [0.5, 0.6) is 11.5 Å². The minimum Gasteiger partial charge on any atom is -0.497 e. The smallest absolute Gasteiger partial charge is 0.497 e. The summed E-state index contributed by atoms with van der Waals surface area (Å²) < 4.78 is 45.3. The Bertz CT molecular complexity index is 853. The number of carbonyl (C=O) groups excluding carboxylic acids is 2. The molecular formula is C23H27F3N2O4. The number of methoxy groups -OCH3 is 1. The molecule has 32 heavy (non-hydrogen) atoms. The quantitative estimate of drug-likeness (QED) is 0.458. The summed E-state index contributed by atoms with van der Waals surface area (Å²) in [4.78, 5) is 24.0. The van der Waals surface area contributed by atoms with E-state index < -0.39 is 6.36 Å². The summed E-state index contributed by atoms with van der Waals surface area (Å²) in [5.74, 6) is -0.126. The zero-order valence-electron chi connectivity index (χ0n) is 17.8. The maximum Gasteiger partial charge on any atom is 0.573 e. The summed E-state index contributed by atoms with van der Waals surface area (Å²) in [6, 6.07) is 11.7. The summed E-state index contributed by atoms with van der Waals surface area (Å²) in [7, 11) is 1.57. The average Bonchev–Trinajstić information content (AvgIpc) is 2.77. The van der Waals surface area contributed by atoms with E-state index in [1.165, 1.54) is 12.1 Å². The number of ether oxygens (including phenoxy) is 2. The number of unbranched alkanes of at least 4 members (excludes halogenated alkanes) is 4. The van der Waals surface area contributed by atoms with Crippen molar-refractivity contribution >= 4 is 11.8 Å². The summed E-state index contributed by atoms with van der Waals surface area (Å²) in [5, 5.41) is 5.62. The van der Waals surface area contributed by atoms with Crippen molar-refractivity contribution in [1.29, 1.82) is 0 Å². The van der Waals surface area contributed by atoms with Crippen LogP contribution in [0, 0.1) is 0 Å². The zero-order valence-corrected chi connectivity index (χ0v) is 17.8. The first-order valence-electron chi connectivity index (χ1n) is 10.3. The molecule has 0 radical (unpaired) electrons. The van der Waals surface area contributed by atoms with E-state index in [0.717, 1.165) is 44.2 Å². The molecule has 0 aliphatic rings. The molecule has 0 atom stereocenters. The SMILES string of the molecule is COc1ccc(C(=O)NCCCCCCCNC(=O)c2ccc(OC(F)(F)F)cc2)cc1. The van der Waals surface area contributed by atoms with Gasteiger partial charge in [0.1, 0.15) is 11.5 Å². The van der Waals surface area contributed by atoms with Crippen molar-refractivity contribution in [2.24, 2.45) is 0 Å². The van der Waals surface area contributed by atoms with Crippen molar-refractivity contribution in [3.05, 3.63) is 59.7 Å². The molecule has 2 amide bonds. The highest BCUT2D eigenvalue weighted by atomic mass is 19.4. The third-order valence-corrected chi connectivity index (χ3v) is 4.63. The molecule has 6 nitrogen and oxygen atoms in total. The molecule has 0 saturated heterocycles. The van der Waals surface area contributed by atoms with Gasteiger partial charge in [-0.2, -0.15) is 0 Å². The van der Waals surface area contributed by atoms with Gasteiger partial charge in [0, 0.05) is 24.2 Å². The first kappa shape index (κ1) is 25.0. The standard InChI is InChI=1S/C23H27F3N2O4/c1-31-19-11-7-17(8-12-19)21(29)27-15-5-3-2-4-6-16-28-22(30)18-9-13-20(14-10-18)32-23(24,25)26/h7-14H,2-6,15-16H2,1H3,(H,27,29)(H,28,30). The van der Waals surface area contributed by atoms with E-state index in [4.69, 9.17) is 4.74 Å². The van der Waals surface area contributed by atoms with Crippen molar-refractivity contribution in [2.75, 3.05) is 20.2 Å². The Morgan fingerprint density at radius 3 is 1.53 bits per heavy atom. The Morgan fingerprint density at radius 2 is 1.12 bits per heavy atom. The van der Waals surface area contributed by atoms with Gasteiger partial charge in [-0.15, -0.1) is 13.2 Å². The van der Waals surface area contributed by atoms with Crippen LogP contribution in [-0.4, -0.2) is 38.4 Å². The van der Waals surface area contributed by atoms with E-state index in [2.05, 4.69) is 15.4 Å². The highest BCUT2D eigenvalue weighted by Gasteiger charge is 2.31. The summed E-state index contributed by atoms with van der Waals surface area (Å²) in [6.07, 6.45) is -0.258. The fourth-order valence-electron chi connectivity index (χ4n) is 2.94. The summed E-state index contributed by atoms with van der Waals surface area (Å²) >= 11 is 0. The van der Waals surface area contributed by atoms with Crippen molar-refractivity contribution in [1.82, 2.24) is 10.6 Å². The number of carbonyl (C=O) groups is 2. The van der Waals surface area contributed by atoms with Gasteiger partial charge in [-0.25, -0.2) is 0 Å². The number of rotatable bonds is 12. The number of hydrogen-bond donors (Lipinski definition) is 2. The topological polar surface area (TPSA) is 76.7 Å². The van der Waals surface area contributed by atoms with Crippen molar-refractivity contribution < 1.29 is 32.2 Å². The van der Waals surface area contributed by atoms with Gasteiger partial charge in [0.05, 0.1) is 7.11 Å². The van der Waals surface area contributed by atoms with Crippen LogP contribution in [0.1, 0.15) is 52.8 Å². The van der Waals surface area contributed by atoms with Crippen LogP contribution in [0.3, 0.4) is 0 Å². The van der Waals surface area contributed by atoms with Crippen LogP contribution in [0.2, 0.25) is 0 Å². The van der Waals surface area contributed by atoms with Gasteiger partial charge in [0.2, 0.25) is 0 Å². The predicted octanol–water partition coefficient (Wildman–Crippen LogP) is 4.70. The van der Waals surface area contributed by atoms with Crippen LogP contribution in [-0.2, 0) is 0 Å². The number of benzene rings is 2. The Kier molecular flexibility index (Phi) is 9.84. The van der Waals surface area contributed by atoms with Crippen molar-refractivity contribution in [3.8, 4) is 11.5 Å². The highest BCUT2D eigenvalue weighted by Crippen LogP contribution is 2.22. The van der Waals surface area contributed by atoms with Crippen molar-refractivity contribution in [2.45, 2.75) is 38.5 Å². The molecule has 0 spiro atoms. The number of alkyl halides is 3. The molecule has 174 valence electrons. The molecule has 0 saturated carbocycles. The fourth-order valence-corrected chi connectivity index (χ4v) is 2.94. The maximum atomic E-state index is 12.1. The molecule has 9 heteroatoms. The second-order valence-corrected chi connectivity index (χ2v) is 7.08. The lowest BCUT2D eigenvalue weighted by molar-refractivity contribution is -0.274. The van der Waals surface area contributed by atoms with Gasteiger partial charge >= 0.3 is 6.36 Å². The van der Waals surface area contributed by atoms with Crippen LogP contribution < -0.4 is 20.1 Å². The van der Waals surface area contributed by atoms with Crippen LogP contribution in [0.25, 0.3) is 0 Å². The van der Waals surface area contributed by atoms with Crippen LogP contribution >= 0.6 is 0 Å². The normalized spacial score (nSPS) is 11.0. The molecule has 0 aromatic heterocycles. The van der Waals surface area contributed by atoms with E-state index in [1.54, 1.807) is 31.4 Å². The molecule has 0 heterocycles. The lowest BCUT2D eigenvalue weighted by Crippen LogP contribution is -2.24. The van der Waals surface area contributed by atoms with E-state index in [1.807, 2.05) is 0 Å². The Balaban J connectivity index is 1.52. The summed E-state index contributed by atoms with van der Waals surface area (Å²) in [5.41, 5.74) is 0.858. The third-order valence-electron chi connectivity index (χ3n) is 4.63. The number of hydrogen-bond acceptors (Lipinski definition) is 4. The summed E-state index contributed by atoms with van der Waals surface area (Å²) in [6.45, 7) is 1.07. The lowest BCUT2D eigenvalue weighted by atomic mass is 10.1. The third kappa shape index (κ3) is 9.28. The van der Waals surface area contributed by atoms with Gasteiger partial charge < -0.3 is 20.1 Å². The molecule has 0 bridgehead atoms. The molecule has 2 rings (SSSR count). The number of amides is 2. The molecular weight excluding hydrogens is 425 g/mol. The average molecular weight is 452 g/mol. The molecule has 2 N–H and O–H groups in total. The zero-order chi connectivity index (χ0) is 23.4. The van der Waals surface area contributed by atoms with Crippen LogP contribution in [0.4, 0.5) is 13.2 Å². The molecule has 0 unspecified atom stereocenters. The van der Waals surface area contributed by atoms with Gasteiger partial charge in [-0.1, -0.05) is 19.3 Å². The van der Waals surface area contributed by atoms with Gasteiger partial charge in [0.15, 0.2) is 0 Å². The Hall–Kier alpha value is -3.23. The fraction of sp³-hybridized carbons (Fsp3) is 0.391.